The fraction of sp³-hybridized carbons (Fsp3) is 0.364. The van der Waals surface area contributed by atoms with E-state index in [0.717, 1.165) is 10.5 Å². The third-order valence-electron chi connectivity index (χ3n) is 2.72. The molecule has 1 N–H and O–H groups in total. The molecule has 100 valence electrons. The standard InChI is InChI=1S/C11H12N4O3S/c12-6-9-2-3-10(7-14-9)19(17,18)15-5-1-4-13-11(16)8-15/h2-3,7H,1,4-5,8H2,(H,13,16). The van der Waals surface area contributed by atoms with Crippen LogP contribution in [0.2, 0.25) is 0 Å². The van der Waals surface area contributed by atoms with Crippen molar-refractivity contribution in [2.75, 3.05) is 19.6 Å². The predicted octanol–water partition coefficient (Wildman–Crippen LogP) is -0.536. The Morgan fingerprint density at radius 2 is 2.21 bits per heavy atom. The van der Waals surface area contributed by atoms with E-state index in [1.54, 1.807) is 0 Å². The summed E-state index contributed by atoms with van der Waals surface area (Å²) in [5, 5.41) is 11.2. The molecule has 1 amide bonds. The van der Waals surface area contributed by atoms with Gasteiger partial charge in [0.25, 0.3) is 0 Å². The van der Waals surface area contributed by atoms with Gasteiger partial charge in [-0.05, 0) is 18.6 Å². The highest BCUT2D eigenvalue weighted by Gasteiger charge is 2.28. The lowest BCUT2D eigenvalue weighted by molar-refractivity contribution is -0.120. The van der Waals surface area contributed by atoms with Crippen molar-refractivity contribution in [3.05, 3.63) is 24.0 Å². The number of carbonyl (C=O) groups is 1. The van der Waals surface area contributed by atoms with Crippen molar-refractivity contribution in [2.24, 2.45) is 0 Å². The Hall–Kier alpha value is -1.98. The summed E-state index contributed by atoms with van der Waals surface area (Å²) < 4.78 is 25.7. The second-order valence-corrected chi connectivity index (χ2v) is 5.97. The molecule has 8 heteroatoms. The number of nitrogens with one attached hydrogen (secondary N) is 1. The quantitative estimate of drug-likeness (QED) is 0.784. The largest absolute Gasteiger partial charge is 0.355 e. The van der Waals surface area contributed by atoms with Crippen LogP contribution >= 0.6 is 0 Å². The molecule has 0 atom stereocenters. The molecule has 2 heterocycles. The highest BCUT2D eigenvalue weighted by molar-refractivity contribution is 7.89. The van der Waals surface area contributed by atoms with E-state index in [2.05, 4.69) is 10.3 Å². The Bertz CT molecular complexity index is 618. The molecular formula is C11H12N4O3S. The lowest BCUT2D eigenvalue weighted by Gasteiger charge is -2.18. The topological polar surface area (TPSA) is 103 Å². The van der Waals surface area contributed by atoms with Crippen LogP contribution in [-0.4, -0.2) is 43.2 Å². The number of nitriles is 1. The fourth-order valence-corrected chi connectivity index (χ4v) is 3.11. The minimum Gasteiger partial charge on any atom is -0.355 e. The lowest BCUT2D eigenvalue weighted by atomic mass is 10.4. The Balaban J connectivity index is 2.30. The Labute approximate surface area is 110 Å². The Morgan fingerprint density at radius 1 is 1.42 bits per heavy atom. The van der Waals surface area contributed by atoms with Crippen LogP contribution in [0.25, 0.3) is 0 Å². The minimum atomic E-state index is -3.74. The van der Waals surface area contributed by atoms with Crippen molar-refractivity contribution >= 4 is 15.9 Å². The third kappa shape index (κ3) is 2.89. The normalized spacial score (nSPS) is 17.3. The monoisotopic (exact) mass is 280 g/mol. The predicted molar refractivity (Wildman–Crippen MR) is 65.3 cm³/mol. The van der Waals surface area contributed by atoms with E-state index in [1.165, 1.54) is 12.1 Å². The molecular weight excluding hydrogens is 268 g/mol. The van der Waals surface area contributed by atoms with Crippen LogP contribution in [0.3, 0.4) is 0 Å². The van der Waals surface area contributed by atoms with Crippen molar-refractivity contribution < 1.29 is 13.2 Å². The van der Waals surface area contributed by atoms with Crippen molar-refractivity contribution in [2.45, 2.75) is 11.3 Å². The van der Waals surface area contributed by atoms with Gasteiger partial charge in [0.15, 0.2) is 0 Å². The van der Waals surface area contributed by atoms with Crippen LogP contribution in [0.4, 0.5) is 0 Å². The molecule has 0 unspecified atom stereocenters. The van der Waals surface area contributed by atoms with Crippen LogP contribution in [0.15, 0.2) is 23.2 Å². The number of hydrogen-bond acceptors (Lipinski definition) is 5. The van der Waals surface area contributed by atoms with Crippen LogP contribution < -0.4 is 5.32 Å². The van der Waals surface area contributed by atoms with Gasteiger partial charge in [-0.15, -0.1) is 0 Å². The van der Waals surface area contributed by atoms with Crippen LogP contribution in [0.5, 0.6) is 0 Å². The van der Waals surface area contributed by atoms with Gasteiger partial charge in [-0.2, -0.15) is 9.57 Å². The smallest absolute Gasteiger partial charge is 0.245 e. The first-order valence-corrected chi connectivity index (χ1v) is 7.11. The maximum atomic E-state index is 12.3. The molecule has 1 aromatic rings. The Kier molecular flexibility index (Phi) is 3.78. The highest BCUT2D eigenvalue weighted by atomic mass is 32.2. The maximum Gasteiger partial charge on any atom is 0.245 e. The SMILES string of the molecule is N#Cc1ccc(S(=O)(=O)N2CCCNC(=O)C2)cn1. The summed E-state index contributed by atoms with van der Waals surface area (Å²) in [6.45, 7) is 0.555. The number of aromatic nitrogens is 1. The molecule has 7 nitrogen and oxygen atoms in total. The molecule has 0 spiro atoms. The van der Waals surface area contributed by atoms with Gasteiger partial charge < -0.3 is 5.32 Å². The van der Waals surface area contributed by atoms with Crippen molar-refractivity contribution in [3.63, 3.8) is 0 Å². The molecule has 1 saturated heterocycles. The second kappa shape index (κ2) is 5.34. The third-order valence-corrected chi connectivity index (χ3v) is 4.54. The number of hydrogen-bond donors (Lipinski definition) is 1. The molecule has 1 aliphatic rings. The number of amides is 1. The second-order valence-electron chi connectivity index (χ2n) is 4.03. The molecule has 1 aromatic heterocycles. The van der Waals surface area contributed by atoms with Crippen molar-refractivity contribution in [1.82, 2.24) is 14.6 Å². The maximum absolute atomic E-state index is 12.3. The molecule has 2 rings (SSSR count). The first-order valence-electron chi connectivity index (χ1n) is 5.67. The minimum absolute atomic E-state index is 0.0128. The molecule has 0 aliphatic carbocycles. The number of carbonyl (C=O) groups excluding carboxylic acids is 1. The molecule has 0 radical (unpaired) electrons. The number of sulfonamides is 1. The summed E-state index contributed by atoms with van der Waals surface area (Å²) in [5.74, 6) is -0.317. The van der Waals surface area contributed by atoms with E-state index in [1.807, 2.05) is 6.07 Å². The van der Waals surface area contributed by atoms with E-state index in [9.17, 15) is 13.2 Å². The number of rotatable bonds is 2. The first kappa shape index (κ1) is 13.5. The Morgan fingerprint density at radius 3 is 2.84 bits per heavy atom. The zero-order valence-electron chi connectivity index (χ0n) is 10.0. The molecule has 0 saturated carbocycles. The van der Waals surface area contributed by atoms with Gasteiger partial charge >= 0.3 is 0 Å². The van der Waals surface area contributed by atoms with Gasteiger partial charge in [0, 0.05) is 19.3 Å². The zero-order chi connectivity index (χ0) is 13.9. The number of pyridine rings is 1. The first-order chi connectivity index (χ1) is 9.04. The van der Waals surface area contributed by atoms with E-state index in [4.69, 9.17) is 5.26 Å². The van der Waals surface area contributed by atoms with Gasteiger partial charge in [0.2, 0.25) is 15.9 Å². The van der Waals surface area contributed by atoms with Crippen molar-refractivity contribution in [3.8, 4) is 6.07 Å². The van der Waals surface area contributed by atoms with Gasteiger partial charge in [0.05, 0.1) is 6.54 Å². The van der Waals surface area contributed by atoms with Gasteiger partial charge in [0.1, 0.15) is 16.7 Å². The fourth-order valence-electron chi connectivity index (χ4n) is 1.73. The van der Waals surface area contributed by atoms with Gasteiger partial charge in [-0.1, -0.05) is 0 Å². The average Bonchev–Trinajstić information content (AvgIpc) is 2.64. The lowest BCUT2D eigenvalue weighted by Crippen LogP contribution is -2.37. The van der Waals surface area contributed by atoms with Crippen LogP contribution in [0, 0.1) is 11.3 Å². The number of nitrogens with zero attached hydrogens (tertiary/aromatic N) is 3. The average molecular weight is 280 g/mol. The molecule has 19 heavy (non-hydrogen) atoms. The summed E-state index contributed by atoms with van der Waals surface area (Å²) >= 11 is 0. The van der Waals surface area contributed by atoms with E-state index in [-0.39, 0.29) is 29.6 Å². The molecule has 1 fully saturated rings. The summed E-state index contributed by atoms with van der Waals surface area (Å²) in [6, 6.07) is 4.48. The van der Waals surface area contributed by atoms with Crippen molar-refractivity contribution in [1.29, 1.82) is 5.26 Å². The van der Waals surface area contributed by atoms with E-state index >= 15 is 0 Å². The summed E-state index contributed by atoms with van der Waals surface area (Å²) in [7, 11) is -3.74. The summed E-state index contributed by atoms with van der Waals surface area (Å²) in [5.41, 5.74) is 0.146. The van der Waals surface area contributed by atoms with Gasteiger partial charge in [-0.3, -0.25) is 4.79 Å². The van der Waals surface area contributed by atoms with Crippen LogP contribution in [-0.2, 0) is 14.8 Å². The zero-order valence-corrected chi connectivity index (χ0v) is 10.9. The molecule has 1 aliphatic heterocycles. The summed E-state index contributed by atoms with van der Waals surface area (Å²) in [4.78, 5) is 15.1. The van der Waals surface area contributed by atoms with Gasteiger partial charge in [-0.25, -0.2) is 13.4 Å². The van der Waals surface area contributed by atoms with E-state index in [0.29, 0.717) is 13.0 Å². The summed E-state index contributed by atoms with van der Waals surface area (Å²) in [6.07, 6.45) is 1.70. The van der Waals surface area contributed by atoms with Crippen LogP contribution in [0.1, 0.15) is 12.1 Å². The molecule has 0 aromatic carbocycles. The highest BCUT2D eigenvalue weighted by Crippen LogP contribution is 2.15. The molecule has 0 bridgehead atoms. The van der Waals surface area contributed by atoms with E-state index < -0.39 is 10.0 Å².